The number of carbonyl (C=O) groups is 2. The number of ether oxygens (including phenoxy) is 1. The molecule has 0 aliphatic rings. The van der Waals surface area contributed by atoms with Crippen LogP contribution in [0.1, 0.15) is 5.69 Å². The van der Waals surface area contributed by atoms with Crippen LogP contribution in [-0.4, -0.2) is 41.7 Å². The zero-order chi connectivity index (χ0) is 16.8. The van der Waals surface area contributed by atoms with Gasteiger partial charge in [0.15, 0.2) is 6.10 Å². The third-order valence-corrected chi connectivity index (χ3v) is 4.30. The number of carbonyl (C=O) groups excluding carboxylic acids is 1. The molecule has 2 aromatic rings. The monoisotopic (exact) mass is 354 g/mol. The second-order valence-corrected chi connectivity index (χ2v) is 5.93. The van der Waals surface area contributed by atoms with Gasteiger partial charge in [0.05, 0.1) is 23.7 Å². The smallest absolute Gasteiger partial charge is 0.334 e. The number of hydrogen-bond acceptors (Lipinski definition) is 5. The lowest BCUT2D eigenvalue weighted by atomic mass is 10.2. The number of carboxylic acids is 1. The molecule has 6 nitrogen and oxygen atoms in total. The zero-order valence-electron chi connectivity index (χ0n) is 12.3. The molecule has 0 bridgehead atoms. The summed E-state index contributed by atoms with van der Waals surface area (Å²) in [6.45, 7) is -0.0911. The van der Waals surface area contributed by atoms with Gasteiger partial charge in [-0.15, -0.1) is 11.3 Å². The highest BCUT2D eigenvalue weighted by Crippen LogP contribution is 2.30. The van der Waals surface area contributed by atoms with Gasteiger partial charge in [0.1, 0.15) is 5.01 Å². The maximum absolute atomic E-state index is 11.8. The van der Waals surface area contributed by atoms with Gasteiger partial charge >= 0.3 is 5.97 Å². The van der Waals surface area contributed by atoms with Crippen LogP contribution in [0.2, 0.25) is 5.02 Å². The lowest BCUT2D eigenvalue weighted by molar-refractivity contribution is -0.148. The van der Waals surface area contributed by atoms with E-state index in [4.69, 9.17) is 21.4 Å². The van der Waals surface area contributed by atoms with Crippen molar-refractivity contribution in [2.24, 2.45) is 0 Å². The molecule has 0 saturated heterocycles. The van der Waals surface area contributed by atoms with Gasteiger partial charge in [-0.3, -0.25) is 4.79 Å². The summed E-state index contributed by atoms with van der Waals surface area (Å²) in [5.74, 6) is -1.44. The van der Waals surface area contributed by atoms with Gasteiger partial charge in [0.2, 0.25) is 5.91 Å². The van der Waals surface area contributed by atoms with Crippen LogP contribution in [0.5, 0.6) is 0 Å². The molecule has 1 heterocycles. The van der Waals surface area contributed by atoms with Crippen LogP contribution in [-0.2, 0) is 20.7 Å². The molecule has 2 N–H and O–H groups in total. The number of rotatable bonds is 7. The second kappa shape index (κ2) is 8.05. The Morgan fingerprint density at radius 1 is 1.43 bits per heavy atom. The molecule has 0 aliphatic carbocycles. The van der Waals surface area contributed by atoms with Crippen LogP contribution < -0.4 is 5.32 Å². The predicted molar refractivity (Wildman–Crippen MR) is 87.7 cm³/mol. The summed E-state index contributed by atoms with van der Waals surface area (Å²) in [7, 11) is 1.28. The average molecular weight is 355 g/mol. The van der Waals surface area contributed by atoms with Crippen molar-refractivity contribution < 1.29 is 19.4 Å². The Bertz CT molecular complexity index is 704. The van der Waals surface area contributed by atoms with Crippen LogP contribution in [0.4, 0.5) is 0 Å². The fraction of sp³-hybridized carbons (Fsp3) is 0.267. The fourth-order valence-electron chi connectivity index (χ4n) is 1.85. The van der Waals surface area contributed by atoms with Crippen LogP contribution in [0.25, 0.3) is 10.6 Å². The van der Waals surface area contributed by atoms with E-state index in [9.17, 15) is 9.59 Å². The average Bonchev–Trinajstić information content (AvgIpc) is 2.96. The van der Waals surface area contributed by atoms with Crippen molar-refractivity contribution in [3.8, 4) is 10.6 Å². The lowest BCUT2D eigenvalue weighted by Crippen LogP contribution is -2.38. The summed E-state index contributed by atoms with van der Waals surface area (Å²) in [6.07, 6.45) is -0.995. The number of benzene rings is 1. The molecule has 1 aromatic heterocycles. The number of amides is 1. The third kappa shape index (κ3) is 4.75. The van der Waals surface area contributed by atoms with E-state index in [1.165, 1.54) is 18.4 Å². The number of methoxy groups -OCH3 is 1. The summed E-state index contributed by atoms with van der Waals surface area (Å²) >= 11 is 7.52. The minimum Gasteiger partial charge on any atom is -0.479 e. The molecule has 1 aromatic carbocycles. The number of nitrogens with one attached hydrogen (secondary N) is 1. The van der Waals surface area contributed by atoms with E-state index >= 15 is 0 Å². The Hall–Kier alpha value is -1.96. The van der Waals surface area contributed by atoms with Crippen molar-refractivity contribution in [3.05, 3.63) is 40.4 Å². The van der Waals surface area contributed by atoms with Crippen molar-refractivity contribution in [3.63, 3.8) is 0 Å². The predicted octanol–water partition coefficient (Wildman–Crippen LogP) is 2.22. The summed E-state index contributed by atoms with van der Waals surface area (Å²) in [6, 6.07) is 7.34. The van der Waals surface area contributed by atoms with Crippen molar-refractivity contribution in [2.45, 2.75) is 12.5 Å². The Morgan fingerprint density at radius 2 is 2.17 bits per heavy atom. The van der Waals surface area contributed by atoms with Crippen LogP contribution in [0.15, 0.2) is 29.6 Å². The number of aliphatic carboxylic acids is 1. The van der Waals surface area contributed by atoms with Gasteiger partial charge in [-0.1, -0.05) is 29.8 Å². The standard InChI is InChI=1S/C15H15ClN2O4S/c1-22-12(15(20)21)7-17-13(19)6-9-8-23-14(18-9)10-4-2-3-5-11(10)16/h2-5,8,12H,6-7H2,1H3,(H,17,19)(H,20,21). The van der Waals surface area contributed by atoms with Crippen molar-refractivity contribution in [1.82, 2.24) is 10.3 Å². The number of carboxylic acid groups (broad SMARTS) is 1. The first-order valence-corrected chi connectivity index (χ1v) is 7.98. The molecule has 0 aliphatic heterocycles. The van der Waals surface area contributed by atoms with Gasteiger partial charge in [-0.25, -0.2) is 9.78 Å². The van der Waals surface area contributed by atoms with Gasteiger partial charge in [0, 0.05) is 18.1 Å². The van der Waals surface area contributed by atoms with Crippen molar-refractivity contribution >= 4 is 34.8 Å². The van der Waals surface area contributed by atoms with Gasteiger partial charge in [0.25, 0.3) is 0 Å². The number of thiazole rings is 1. The number of halogens is 1. The van der Waals surface area contributed by atoms with Crippen LogP contribution in [0.3, 0.4) is 0 Å². The van der Waals surface area contributed by atoms with Crippen LogP contribution >= 0.6 is 22.9 Å². The summed E-state index contributed by atoms with van der Waals surface area (Å²) in [5.41, 5.74) is 1.42. The van der Waals surface area contributed by atoms with E-state index in [-0.39, 0.29) is 18.9 Å². The normalized spacial score (nSPS) is 11.9. The topological polar surface area (TPSA) is 88.5 Å². The molecule has 0 saturated carbocycles. The first-order valence-electron chi connectivity index (χ1n) is 6.73. The van der Waals surface area contributed by atoms with E-state index in [0.717, 1.165) is 10.6 Å². The van der Waals surface area contributed by atoms with Gasteiger partial charge in [-0.2, -0.15) is 0 Å². The summed E-state index contributed by atoms with van der Waals surface area (Å²) in [4.78, 5) is 27.0. The zero-order valence-corrected chi connectivity index (χ0v) is 13.9. The summed E-state index contributed by atoms with van der Waals surface area (Å²) in [5, 5.41) is 14.5. The Morgan fingerprint density at radius 3 is 2.83 bits per heavy atom. The van der Waals surface area contributed by atoms with E-state index in [1.807, 2.05) is 18.2 Å². The Labute approximate surface area is 142 Å². The van der Waals surface area contributed by atoms with E-state index < -0.39 is 12.1 Å². The minimum absolute atomic E-state index is 0.0665. The van der Waals surface area contributed by atoms with Gasteiger partial charge in [-0.05, 0) is 6.07 Å². The molecule has 1 unspecified atom stereocenters. The molecule has 8 heteroatoms. The highest BCUT2D eigenvalue weighted by Gasteiger charge is 2.17. The highest BCUT2D eigenvalue weighted by molar-refractivity contribution is 7.13. The van der Waals surface area contributed by atoms with Crippen molar-refractivity contribution in [1.29, 1.82) is 0 Å². The largest absolute Gasteiger partial charge is 0.479 e. The number of aromatic nitrogens is 1. The summed E-state index contributed by atoms with van der Waals surface area (Å²) < 4.78 is 4.74. The highest BCUT2D eigenvalue weighted by atomic mass is 35.5. The molecule has 1 amide bonds. The molecule has 2 rings (SSSR count). The van der Waals surface area contributed by atoms with Crippen LogP contribution in [0, 0.1) is 0 Å². The van der Waals surface area contributed by atoms with E-state index in [0.29, 0.717) is 10.7 Å². The van der Waals surface area contributed by atoms with Gasteiger partial charge < -0.3 is 15.2 Å². The molecule has 23 heavy (non-hydrogen) atoms. The second-order valence-electron chi connectivity index (χ2n) is 4.67. The number of nitrogens with zero attached hydrogens (tertiary/aromatic N) is 1. The maximum atomic E-state index is 11.8. The fourth-order valence-corrected chi connectivity index (χ4v) is 2.99. The van der Waals surface area contributed by atoms with Crippen molar-refractivity contribution in [2.75, 3.05) is 13.7 Å². The molecule has 0 fully saturated rings. The molecule has 0 radical (unpaired) electrons. The van der Waals surface area contributed by atoms with E-state index in [1.54, 1.807) is 11.4 Å². The molecule has 1 atom stereocenters. The molecular formula is C15H15ClN2O4S. The first kappa shape index (κ1) is 17.4. The third-order valence-electron chi connectivity index (χ3n) is 3.04. The number of hydrogen-bond donors (Lipinski definition) is 2. The molecule has 0 spiro atoms. The minimum atomic E-state index is -1.12. The quantitative estimate of drug-likeness (QED) is 0.796. The maximum Gasteiger partial charge on any atom is 0.334 e. The Kier molecular flexibility index (Phi) is 6.09. The first-order chi connectivity index (χ1) is 11.0. The SMILES string of the molecule is COC(CNC(=O)Cc1csc(-c2ccccc2Cl)n1)C(=O)O. The van der Waals surface area contributed by atoms with E-state index in [2.05, 4.69) is 10.3 Å². The Balaban J connectivity index is 1.95. The molecular weight excluding hydrogens is 340 g/mol. The lowest BCUT2D eigenvalue weighted by Gasteiger charge is -2.10. The molecule has 122 valence electrons.